The molecular weight excluding hydrogens is 528 g/mol. The number of carbonyl (C=O) groups is 2. The van der Waals surface area contributed by atoms with Crippen LogP contribution in [0.25, 0.3) is 0 Å². The third kappa shape index (κ3) is 5.79. The number of carbonyl (C=O) groups excluding carboxylic acids is 2. The third-order valence-electron chi connectivity index (χ3n) is 5.07. The van der Waals surface area contributed by atoms with Crippen LogP contribution in [0, 0.1) is 10.1 Å². The molecule has 0 aliphatic carbocycles. The molecule has 2 aromatic rings. The Morgan fingerprint density at radius 1 is 1.35 bits per heavy atom. The molecule has 0 saturated carbocycles. The highest BCUT2D eigenvalue weighted by molar-refractivity contribution is 7.89. The SMILES string of the molecule is C=CCON(C1CN(C(=O)OC(C)(C)C)C(C(=O)OC)c2ncsc21)S(=O)(=O)c1ccccc1[N+](=O)[O-]. The lowest BCUT2D eigenvalue weighted by molar-refractivity contribution is -0.388. The number of fused-ring (bicyclic) bond motifs is 1. The van der Waals surface area contributed by atoms with Gasteiger partial charge < -0.3 is 9.47 Å². The number of esters is 1. The highest BCUT2D eigenvalue weighted by Gasteiger charge is 2.49. The van der Waals surface area contributed by atoms with Gasteiger partial charge in [-0.1, -0.05) is 22.7 Å². The standard InChI is InChI=1S/C22H26N4O9S2/c1-6-11-34-26(37(31,32)16-10-8-7-9-14(16)25(29)30)15-12-24(21(28)35-22(2,3)4)18(20(27)33-5)17-19(15)36-13-23-17/h6-10,13,15,18H,1,11-12H2,2-5H3. The van der Waals surface area contributed by atoms with Gasteiger partial charge in [-0.25, -0.2) is 23.0 Å². The molecule has 1 aliphatic heterocycles. The van der Waals surface area contributed by atoms with Gasteiger partial charge in [-0.05, 0) is 26.8 Å². The van der Waals surface area contributed by atoms with Crippen molar-refractivity contribution in [2.45, 2.75) is 43.4 Å². The van der Waals surface area contributed by atoms with Crippen molar-refractivity contribution in [1.29, 1.82) is 0 Å². The van der Waals surface area contributed by atoms with Crippen LogP contribution < -0.4 is 0 Å². The van der Waals surface area contributed by atoms with Crippen LogP contribution in [0.1, 0.15) is 43.4 Å². The van der Waals surface area contributed by atoms with E-state index in [1.165, 1.54) is 23.7 Å². The smallest absolute Gasteiger partial charge is 0.411 e. The van der Waals surface area contributed by atoms with Gasteiger partial charge in [-0.3, -0.25) is 19.9 Å². The van der Waals surface area contributed by atoms with Crippen LogP contribution in [0.4, 0.5) is 10.5 Å². The molecule has 37 heavy (non-hydrogen) atoms. The highest BCUT2D eigenvalue weighted by atomic mass is 32.2. The number of hydroxylamine groups is 1. The fourth-order valence-electron chi connectivity index (χ4n) is 3.63. The minimum Gasteiger partial charge on any atom is -0.467 e. The second-order valence-corrected chi connectivity index (χ2v) is 11.4. The number of rotatable bonds is 8. The van der Waals surface area contributed by atoms with Crippen molar-refractivity contribution >= 4 is 39.1 Å². The van der Waals surface area contributed by atoms with E-state index in [0.717, 1.165) is 35.5 Å². The summed E-state index contributed by atoms with van der Waals surface area (Å²) < 4.78 is 38.5. The molecular formula is C22H26N4O9S2. The molecule has 2 atom stereocenters. The number of hydrogen-bond acceptors (Lipinski definition) is 11. The second kappa shape index (κ2) is 10.9. The Labute approximate surface area is 217 Å². The summed E-state index contributed by atoms with van der Waals surface area (Å²) in [5.41, 5.74) is -0.142. The largest absolute Gasteiger partial charge is 0.467 e. The molecule has 13 nitrogen and oxygen atoms in total. The molecule has 200 valence electrons. The molecule has 3 rings (SSSR count). The fourth-order valence-corrected chi connectivity index (χ4v) is 6.15. The maximum atomic E-state index is 13.8. The molecule has 1 aromatic heterocycles. The first-order chi connectivity index (χ1) is 17.3. The number of thiazole rings is 1. The lowest BCUT2D eigenvalue weighted by atomic mass is 10.0. The molecule has 0 fully saturated rings. The van der Waals surface area contributed by atoms with Crippen molar-refractivity contribution in [3.8, 4) is 0 Å². The second-order valence-electron chi connectivity index (χ2n) is 8.75. The third-order valence-corrected chi connectivity index (χ3v) is 7.75. The monoisotopic (exact) mass is 554 g/mol. The van der Waals surface area contributed by atoms with Crippen molar-refractivity contribution in [2.24, 2.45) is 0 Å². The lowest BCUT2D eigenvalue weighted by Crippen LogP contribution is -2.51. The quantitative estimate of drug-likeness (QED) is 0.205. The zero-order valence-corrected chi connectivity index (χ0v) is 22.2. The minimum atomic E-state index is -4.69. The number of ether oxygens (including phenoxy) is 2. The van der Waals surface area contributed by atoms with Gasteiger partial charge in [0, 0.05) is 12.6 Å². The number of nitro groups is 1. The van der Waals surface area contributed by atoms with Crippen molar-refractivity contribution in [1.82, 2.24) is 14.4 Å². The number of nitrogens with zero attached hydrogens (tertiary/aromatic N) is 4. The van der Waals surface area contributed by atoms with Crippen molar-refractivity contribution < 1.29 is 37.2 Å². The number of para-hydroxylation sites is 1. The summed E-state index contributed by atoms with van der Waals surface area (Å²) in [5.74, 6) is -0.809. The number of hydrogen-bond donors (Lipinski definition) is 0. The predicted molar refractivity (Wildman–Crippen MR) is 131 cm³/mol. The van der Waals surface area contributed by atoms with Crippen LogP contribution in [0.5, 0.6) is 0 Å². The van der Waals surface area contributed by atoms with E-state index in [0.29, 0.717) is 9.35 Å². The van der Waals surface area contributed by atoms with E-state index in [1.807, 2.05) is 0 Å². The maximum absolute atomic E-state index is 13.8. The van der Waals surface area contributed by atoms with Gasteiger partial charge in [0.2, 0.25) is 0 Å². The number of nitro benzene ring substituents is 1. The average Bonchev–Trinajstić information content (AvgIpc) is 3.32. The summed E-state index contributed by atoms with van der Waals surface area (Å²) in [4.78, 5) is 47.1. The number of benzene rings is 1. The molecule has 0 bridgehead atoms. The maximum Gasteiger partial charge on any atom is 0.411 e. The molecule has 1 amide bonds. The van der Waals surface area contributed by atoms with Gasteiger partial charge in [-0.15, -0.1) is 17.9 Å². The summed E-state index contributed by atoms with van der Waals surface area (Å²) in [6, 6.07) is 2.26. The van der Waals surface area contributed by atoms with Crippen LogP contribution >= 0.6 is 11.3 Å². The summed E-state index contributed by atoms with van der Waals surface area (Å²) in [6.45, 7) is 7.74. The first-order valence-electron chi connectivity index (χ1n) is 10.9. The molecule has 2 unspecified atom stereocenters. The summed E-state index contributed by atoms with van der Waals surface area (Å²) in [7, 11) is -3.55. The Hall–Kier alpha value is -3.40. The van der Waals surface area contributed by atoms with Crippen LogP contribution in [0.15, 0.2) is 47.3 Å². The van der Waals surface area contributed by atoms with Gasteiger partial charge in [0.1, 0.15) is 11.6 Å². The van der Waals surface area contributed by atoms with Crippen LogP contribution in [-0.2, 0) is 29.1 Å². The topological polar surface area (TPSA) is 158 Å². The fraction of sp³-hybridized carbons (Fsp3) is 0.409. The minimum absolute atomic E-state index is 0.0731. The van der Waals surface area contributed by atoms with Crippen molar-refractivity contribution in [2.75, 3.05) is 20.3 Å². The molecule has 15 heteroatoms. The molecule has 1 aromatic carbocycles. The lowest BCUT2D eigenvalue weighted by Gasteiger charge is -2.40. The van der Waals surface area contributed by atoms with Gasteiger partial charge >= 0.3 is 12.1 Å². The van der Waals surface area contributed by atoms with E-state index in [2.05, 4.69) is 11.6 Å². The van der Waals surface area contributed by atoms with Gasteiger partial charge in [0.05, 0.1) is 34.7 Å². The van der Waals surface area contributed by atoms with E-state index in [4.69, 9.17) is 14.3 Å². The molecule has 2 heterocycles. The van der Waals surface area contributed by atoms with Gasteiger partial charge in [0.15, 0.2) is 10.9 Å². The Bertz CT molecular complexity index is 1300. The Morgan fingerprint density at radius 3 is 2.62 bits per heavy atom. The molecule has 1 aliphatic rings. The normalized spacial score (nSPS) is 17.7. The molecule has 0 radical (unpaired) electrons. The Morgan fingerprint density at radius 2 is 2.03 bits per heavy atom. The molecule has 0 spiro atoms. The van der Waals surface area contributed by atoms with Gasteiger partial charge in [0.25, 0.3) is 15.7 Å². The Kier molecular flexibility index (Phi) is 8.32. The Balaban J connectivity index is 2.19. The van der Waals surface area contributed by atoms with Crippen molar-refractivity contribution in [3.63, 3.8) is 0 Å². The molecule has 0 N–H and O–H groups in total. The number of sulfonamides is 1. The summed E-state index contributed by atoms with van der Waals surface area (Å²) in [6.07, 6.45) is 0.375. The zero-order valence-electron chi connectivity index (χ0n) is 20.5. The van der Waals surface area contributed by atoms with Crippen LogP contribution in [0.2, 0.25) is 0 Å². The van der Waals surface area contributed by atoms with E-state index < -0.39 is 61.8 Å². The summed E-state index contributed by atoms with van der Waals surface area (Å²) in [5, 5.41) is 11.6. The number of aromatic nitrogens is 1. The number of amides is 1. The summed E-state index contributed by atoms with van der Waals surface area (Å²) >= 11 is 1.03. The predicted octanol–water partition coefficient (Wildman–Crippen LogP) is 3.37. The van der Waals surface area contributed by atoms with Crippen LogP contribution in [0.3, 0.4) is 0 Å². The van der Waals surface area contributed by atoms with E-state index in [9.17, 15) is 28.1 Å². The number of methoxy groups -OCH3 is 1. The molecule has 0 saturated heterocycles. The average molecular weight is 555 g/mol. The first-order valence-corrected chi connectivity index (χ1v) is 13.2. The van der Waals surface area contributed by atoms with E-state index in [-0.39, 0.29) is 12.3 Å². The zero-order chi connectivity index (χ0) is 27.5. The van der Waals surface area contributed by atoms with Crippen molar-refractivity contribution in [3.05, 3.63) is 63.1 Å². The highest BCUT2D eigenvalue weighted by Crippen LogP contribution is 2.43. The van der Waals surface area contributed by atoms with E-state index in [1.54, 1.807) is 20.8 Å². The van der Waals surface area contributed by atoms with Crippen LogP contribution in [-0.4, -0.2) is 65.6 Å². The van der Waals surface area contributed by atoms with Gasteiger partial charge in [-0.2, -0.15) is 0 Å². The van der Waals surface area contributed by atoms with E-state index >= 15 is 0 Å². The first kappa shape index (κ1) is 28.2.